The predicted molar refractivity (Wildman–Crippen MR) is 391 cm³/mol. The maximum Gasteiger partial charge on any atom is 0.472 e. The third-order valence-electron chi connectivity index (χ3n) is 18.0. The van der Waals surface area contributed by atoms with Gasteiger partial charge in [0.15, 0.2) is 12.2 Å². The predicted octanol–water partition coefficient (Wildman–Crippen LogP) is 22.9. The Morgan fingerprint density at radius 2 is 0.479 bits per heavy atom. The summed E-state index contributed by atoms with van der Waals surface area (Å²) in [4.78, 5) is 72.8. The molecule has 0 rings (SSSR count). The number of hydrogen-bond donors (Lipinski definition) is 3. The van der Waals surface area contributed by atoms with Crippen molar-refractivity contribution in [2.45, 2.75) is 425 Å². The van der Waals surface area contributed by atoms with Crippen LogP contribution in [0.3, 0.4) is 0 Å². The molecule has 0 aliphatic rings. The maximum absolute atomic E-state index is 13.1. The molecule has 0 aliphatic heterocycles. The van der Waals surface area contributed by atoms with Gasteiger partial charge < -0.3 is 33.8 Å². The first-order chi connectivity index (χ1) is 46.5. The van der Waals surface area contributed by atoms with E-state index in [-0.39, 0.29) is 25.7 Å². The van der Waals surface area contributed by atoms with Gasteiger partial charge in [0.25, 0.3) is 0 Å². The maximum atomic E-state index is 13.1. The number of rotatable bonds is 77. The summed E-state index contributed by atoms with van der Waals surface area (Å²) in [5.41, 5.74) is 0. The Labute approximate surface area is 588 Å². The van der Waals surface area contributed by atoms with Gasteiger partial charge in [0, 0.05) is 25.7 Å². The molecule has 3 N–H and O–H groups in total. The monoisotopic (exact) mass is 1410 g/mol. The van der Waals surface area contributed by atoms with Crippen molar-refractivity contribution in [2.24, 2.45) is 5.92 Å². The van der Waals surface area contributed by atoms with Crippen molar-refractivity contribution in [3.05, 3.63) is 0 Å². The molecule has 0 aromatic carbocycles. The zero-order chi connectivity index (χ0) is 70.5. The van der Waals surface area contributed by atoms with Gasteiger partial charge in [-0.3, -0.25) is 37.3 Å². The van der Waals surface area contributed by atoms with Crippen molar-refractivity contribution in [3.8, 4) is 0 Å². The van der Waals surface area contributed by atoms with Crippen LogP contribution < -0.4 is 0 Å². The SMILES string of the molecule is CCCCCCCCCCCCCCCCCCCC(=O)O[C@H](COC(=O)CCCCCCCCCCCCCCCCCC)COP(=O)(O)OC[C@@H](O)COP(=O)(O)OC[C@@H](COC(=O)CCCCCCCCCCC)OC(=O)CCCCCCCCCCCCCC(C)C. The van der Waals surface area contributed by atoms with Crippen LogP contribution in [0.15, 0.2) is 0 Å². The summed E-state index contributed by atoms with van der Waals surface area (Å²) in [6.07, 6.45) is 59.6. The number of unbranched alkanes of at least 4 members (excludes halogenated alkanes) is 49. The van der Waals surface area contributed by atoms with Crippen molar-refractivity contribution < 1.29 is 80.2 Å². The molecule has 19 heteroatoms. The molecular weight excluding hydrogens is 1260 g/mol. The minimum atomic E-state index is -4.96. The summed E-state index contributed by atoms with van der Waals surface area (Å²) >= 11 is 0. The summed E-state index contributed by atoms with van der Waals surface area (Å²) in [5.74, 6) is -1.35. The molecule has 96 heavy (non-hydrogen) atoms. The standard InChI is InChI=1S/C77H150O17P2/c1-6-9-12-15-18-21-23-25-27-29-31-33-37-42-47-52-57-62-76(81)94-73(67-88-75(80)61-56-51-46-41-36-32-30-28-26-24-22-19-16-13-10-7-2)69-92-96(85,86)90-65-71(78)64-89-95(83,84)91-68-72(66-87-74(79)60-55-50-45-39-20-17-14-11-8-3)93-77(82)63-58-53-48-43-38-34-35-40-44-49-54-59-70(4)5/h70-73,78H,6-69H2,1-5H3,(H,83,84)(H,85,86)/t71-,72+,73+/m0/s1. The zero-order valence-electron chi connectivity index (χ0n) is 62.5. The third-order valence-corrected chi connectivity index (χ3v) is 19.9. The lowest BCUT2D eigenvalue weighted by Crippen LogP contribution is -2.30. The molecule has 0 aromatic rings. The van der Waals surface area contributed by atoms with Crippen LogP contribution in [-0.2, 0) is 65.4 Å². The molecule has 0 amide bonds. The summed E-state index contributed by atoms with van der Waals surface area (Å²) in [6, 6.07) is 0. The number of ether oxygens (including phenoxy) is 4. The van der Waals surface area contributed by atoms with E-state index in [0.29, 0.717) is 25.7 Å². The van der Waals surface area contributed by atoms with Crippen molar-refractivity contribution in [2.75, 3.05) is 39.6 Å². The van der Waals surface area contributed by atoms with Gasteiger partial charge in [0.1, 0.15) is 19.3 Å². The molecular formula is C77H150O17P2. The minimum Gasteiger partial charge on any atom is -0.462 e. The van der Waals surface area contributed by atoms with Crippen molar-refractivity contribution in [1.82, 2.24) is 0 Å². The van der Waals surface area contributed by atoms with Gasteiger partial charge in [-0.05, 0) is 31.6 Å². The number of esters is 4. The van der Waals surface area contributed by atoms with Crippen molar-refractivity contribution in [1.29, 1.82) is 0 Å². The number of phosphoric ester groups is 2. The molecule has 2 unspecified atom stereocenters. The van der Waals surface area contributed by atoms with Crippen LogP contribution in [0.5, 0.6) is 0 Å². The number of hydrogen-bond acceptors (Lipinski definition) is 15. The van der Waals surface area contributed by atoms with Crippen LogP contribution in [0, 0.1) is 5.92 Å². The number of carbonyl (C=O) groups is 4. The van der Waals surface area contributed by atoms with Crippen LogP contribution in [-0.4, -0.2) is 96.7 Å². The van der Waals surface area contributed by atoms with Gasteiger partial charge in [-0.1, -0.05) is 356 Å². The minimum absolute atomic E-state index is 0.107. The number of phosphoric acid groups is 2. The summed E-state index contributed by atoms with van der Waals surface area (Å²) in [5, 5.41) is 10.6. The van der Waals surface area contributed by atoms with Crippen molar-refractivity contribution >= 4 is 39.5 Å². The van der Waals surface area contributed by atoms with E-state index >= 15 is 0 Å². The number of carbonyl (C=O) groups excluding carboxylic acids is 4. The highest BCUT2D eigenvalue weighted by Gasteiger charge is 2.30. The molecule has 0 aliphatic carbocycles. The fraction of sp³-hybridized carbons (Fsp3) is 0.948. The van der Waals surface area contributed by atoms with E-state index in [4.69, 9.17) is 37.0 Å². The summed E-state index contributed by atoms with van der Waals surface area (Å²) in [7, 11) is -9.91. The lowest BCUT2D eigenvalue weighted by Gasteiger charge is -2.21. The second-order valence-corrected chi connectivity index (χ2v) is 31.1. The topological polar surface area (TPSA) is 237 Å². The van der Waals surface area contributed by atoms with Crippen LogP contribution in [0.1, 0.15) is 407 Å². The lowest BCUT2D eigenvalue weighted by atomic mass is 10.0. The molecule has 0 spiro atoms. The molecule has 0 heterocycles. The van der Waals surface area contributed by atoms with E-state index in [1.165, 1.54) is 231 Å². The average molecular weight is 1410 g/mol. The largest absolute Gasteiger partial charge is 0.472 e. The van der Waals surface area contributed by atoms with Crippen LogP contribution >= 0.6 is 15.6 Å². The first-order valence-corrected chi connectivity index (χ1v) is 43.1. The number of aliphatic hydroxyl groups excluding tert-OH is 1. The highest BCUT2D eigenvalue weighted by Crippen LogP contribution is 2.45. The highest BCUT2D eigenvalue weighted by molar-refractivity contribution is 7.47. The molecule has 0 saturated carbocycles. The first-order valence-electron chi connectivity index (χ1n) is 40.1. The smallest absolute Gasteiger partial charge is 0.462 e. The molecule has 17 nitrogen and oxygen atoms in total. The van der Waals surface area contributed by atoms with Gasteiger partial charge in [-0.25, -0.2) is 9.13 Å². The Morgan fingerprint density at radius 3 is 0.708 bits per heavy atom. The third kappa shape index (κ3) is 70.5. The van der Waals surface area contributed by atoms with Gasteiger partial charge in [0.05, 0.1) is 26.4 Å². The highest BCUT2D eigenvalue weighted by atomic mass is 31.2. The Bertz CT molecular complexity index is 1840. The number of aliphatic hydroxyl groups is 1. The van der Waals surface area contributed by atoms with Gasteiger partial charge in [-0.15, -0.1) is 0 Å². The van der Waals surface area contributed by atoms with E-state index in [2.05, 4.69) is 34.6 Å². The molecule has 0 saturated heterocycles. The van der Waals surface area contributed by atoms with Crippen LogP contribution in [0.4, 0.5) is 0 Å². The molecule has 5 atom stereocenters. The average Bonchev–Trinajstić information content (AvgIpc) is 2.72. The molecule has 0 aromatic heterocycles. The molecule has 0 bridgehead atoms. The van der Waals surface area contributed by atoms with Crippen LogP contribution in [0.25, 0.3) is 0 Å². The van der Waals surface area contributed by atoms with E-state index in [1.54, 1.807) is 0 Å². The van der Waals surface area contributed by atoms with E-state index in [0.717, 1.165) is 95.8 Å². The molecule has 0 radical (unpaired) electrons. The van der Waals surface area contributed by atoms with Gasteiger partial charge >= 0.3 is 39.5 Å². The first kappa shape index (κ1) is 94.1. The lowest BCUT2D eigenvalue weighted by molar-refractivity contribution is -0.161. The Balaban J connectivity index is 5.23. The summed E-state index contributed by atoms with van der Waals surface area (Å²) < 4.78 is 68.6. The Kier molecular flexibility index (Phi) is 68.7. The Morgan fingerprint density at radius 1 is 0.281 bits per heavy atom. The quantitative estimate of drug-likeness (QED) is 0.0222. The van der Waals surface area contributed by atoms with E-state index in [1.807, 2.05) is 0 Å². The van der Waals surface area contributed by atoms with Crippen molar-refractivity contribution in [3.63, 3.8) is 0 Å². The second-order valence-electron chi connectivity index (χ2n) is 28.2. The zero-order valence-corrected chi connectivity index (χ0v) is 64.3. The normalized spacial score (nSPS) is 13.9. The second kappa shape index (κ2) is 70.1. The fourth-order valence-electron chi connectivity index (χ4n) is 11.9. The Hall–Kier alpha value is -1.94. The summed E-state index contributed by atoms with van der Waals surface area (Å²) in [6.45, 7) is 7.29. The molecule has 570 valence electrons. The van der Waals surface area contributed by atoms with Gasteiger partial charge in [-0.2, -0.15) is 0 Å². The van der Waals surface area contributed by atoms with E-state index in [9.17, 15) is 43.2 Å². The van der Waals surface area contributed by atoms with Crippen LogP contribution in [0.2, 0.25) is 0 Å². The van der Waals surface area contributed by atoms with Gasteiger partial charge in [0.2, 0.25) is 0 Å². The van der Waals surface area contributed by atoms with E-state index < -0.39 is 97.5 Å². The molecule has 0 fully saturated rings. The fourth-order valence-corrected chi connectivity index (χ4v) is 13.5.